The molecule has 12 heavy (non-hydrogen) atoms. The average molecular weight is 172 g/mol. The monoisotopic (exact) mass is 172 g/mol. The molecule has 0 amide bonds. The Bertz CT molecular complexity index is 237. The van der Waals surface area contributed by atoms with Gasteiger partial charge in [-0.15, -0.1) is 0 Å². The standard InChI is InChI=1S/C8H13FN2O/c1-2-7-4-10-11(5-7)6-8(12)3-9/h4-5,8,12H,2-3,6H2,1H3. The van der Waals surface area contributed by atoms with Crippen LogP contribution < -0.4 is 0 Å². The Hall–Kier alpha value is -0.900. The fourth-order valence-electron chi connectivity index (χ4n) is 0.954. The van der Waals surface area contributed by atoms with E-state index in [1.165, 1.54) is 0 Å². The van der Waals surface area contributed by atoms with Crippen LogP contribution in [-0.4, -0.2) is 27.7 Å². The molecule has 0 saturated heterocycles. The first kappa shape index (κ1) is 9.19. The van der Waals surface area contributed by atoms with E-state index in [4.69, 9.17) is 5.11 Å². The molecule has 1 aromatic rings. The van der Waals surface area contributed by atoms with Gasteiger partial charge in [-0.25, -0.2) is 4.39 Å². The predicted octanol–water partition coefficient (Wildman–Crippen LogP) is 0.776. The lowest BCUT2D eigenvalue weighted by atomic mass is 10.3. The van der Waals surface area contributed by atoms with E-state index >= 15 is 0 Å². The number of halogens is 1. The minimum atomic E-state index is -0.936. The van der Waals surface area contributed by atoms with Crippen LogP contribution in [0, 0.1) is 0 Å². The summed E-state index contributed by atoms with van der Waals surface area (Å²) >= 11 is 0. The second kappa shape index (κ2) is 4.21. The van der Waals surface area contributed by atoms with Crippen LogP contribution in [0.1, 0.15) is 12.5 Å². The average Bonchev–Trinajstić information content (AvgIpc) is 2.52. The zero-order valence-electron chi connectivity index (χ0n) is 7.07. The van der Waals surface area contributed by atoms with E-state index < -0.39 is 12.8 Å². The van der Waals surface area contributed by atoms with Crippen LogP contribution >= 0.6 is 0 Å². The molecule has 0 aliphatic heterocycles. The summed E-state index contributed by atoms with van der Waals surface area (Å²) in [7, 11) is 0. The Balaban J connectivity index is 2.52. The van der Waals surface area contributed by atoms with Gasteiger partial charge in [0, 0.05) is 6.20 Å². The SMILES string of the molecule is CCc1cnn(CC(O)CF)c1. The second-order valence-electron chi connectivity index (χ2n) is 2.73. The first-order valence-electron chi connectivity index (χ1n) is 4.01. The maximum Gasteiger partial charge on any atom is 0.117 e. The molecule has 3 nitrogen and oxygen atoms in total. The van der Waals surface area contributed by atoms with Gasteiger partial charge in [0.2, 0.25) is 0 Å². The smallest absolute Gasteiger partial charge is 0.117 e. The number of aliphatic hydroxyl groups excluding tert-OH is 1. The van der Waals surface area contributed by atoms with Gasteiger partial charge in [-0.2, -0.15) is 5.10 Å². The van der Waals surface area contributed by atoms with Crippen molar-refractivity contribution < 1.29 is 9.50 Å². The zero-order valence-corrected chi connectivity index (χ0v) is 7.07. The van der Waals surface area contributed by atoms with Gasteiger partial charge in [-0.3, -0.25) is 4.68 Å². The summed E-state index contributed by atoms with van der Waals surface area (Å²) in [6, 6.07) is 0. The molecule has 0 spiro atoms. The number of aryl methyl sites for hydroxylation is 1. The Kier molecular flexibility index (Phi) is 3.22. The summed E-state index contributed by atoms with van der Waals surface area (Å²) in [5.74, 6) is 0. The van der Waals surface area contributed by atoms with Gasteiger partial charge < -0.3 is 5.11 Å². The highest BCUT2D eigenvalue weighted by Gasteiger charge is 2.04. The third kappa shape index (κ3) is 2.30. The summed E-state index contributed by atoms with van der Waals surface area (Å²) in [5, 5.41) is 12.9. The molecule has 1 atom stereocenters. The van der Waals surface area contributed by atoms with Crippen molar-refractivity contribution in [2.24, 2.45) is 0 Å². The van der Waals surface area contributed by atoms with Gasteiger partial charge >= 0.3 is 0 Å². The lowest BCUT2D eigenvalue weighted by molar-refractivity contribution is 0.118. The van der Waals surface area contributed by atoms with Crippen LogP contribution in [-0.2, 0) is 13.0 Å². The van der Waals surface area contributed by atoms with Crippen molar-refractivity contribution in [3.05, 3.63) is 18.0 Å². The highest BCUT2D eigenvalue weighted by atomic mass is 19.1. The molecule has 1 unspecified atom stereocenters. The minimum absolute atomic E-state index is 0.233. The molecule has 68 valence electrons. The van der Waals surface area contributed by atoms with Crippen LogP contribution in [0.25, 0.3) is 0 Å². The van der Waals surface area contributed by atoms with E-state index in [0.717, 1.165) is 12.0 Å². The van der Waals surface area contributed by atoms with Crippen molar-refractivity contribution in [3.63, 3.8) is 0 Å². The number of hydrogen-bond acceptors (Lipinski definition) is 2. The Labute approximate surface area is 70.8 Å². The second-order valence-corrected chi connectivity index (χ2v) is 2.73. The topological polar surface area (TPSA) is 38.0 Å². The van der Waals surface area contributed by atoms with Gasteiger partial charge in [0.25, 0.3) is 0 Å². The van der Waals surface area contributed by atoms with Crippen LogP contribution in [0.4, 0.5) is 4.39 Å². The Morgan fingerprint density at radius 2 is 2.50 bits per heavy atom. The molecule has 0 radical (unpaired) electrons. The molecule has 0 aliphatic carbocycles. The molecule has 1 heterocycles. The number of nitrogens with zero attached hydrogens (tertiary/aromatic N) is 2. The summed E-state index contributed by atoms with van der Waals surface area (Å²) in [6.07, 6.45) is 3.52. The molecule has 0 fully saturated rings. The first-order valence-corrected chi connectivity index (χ1v) is 4.01. The summed E-state index contributed by atoms with van der Waals surface area (Å²) in [5.41, 5.74) is 1.10. The molecule has 4 heteroatoms. The van der Waals surface area contributed by atoms with Crippen LogP contribution in [0.3, 0.4) is 0 Å². The van der Waals surface area contributed by atoms with E-state index in [9.17, 15) is 4.39 Å². The van der Waals surface area contributed by atoms with E-state index in [1.807, 2.05) is 13.1 Å². The fraction of sp³-hybridized carbons (Fsp3) is 0.625. The molecular weight excluding hydrogens is 159 g/mol. The third-order valence-corrected chi connectivity index (χ3v) is 1.67. The Morgan fingerprint density at radius 1 is 1.75 bits per heavy atom. The largest absolute Gasteiger partial charge is 0.388 e. The van der Waals surface area contributed by atoms with E-state index in [0.29, 0.717) is 0 Å². The quantitative estimate of drug-likeness (QED) is 0.728. The number of hydrogen-bond donors (Lipinski definition) is 1. The van der Waals surface area contributed by atoms with Crippen molar-refractivity contribution in [2.45, 2.75) is 26.0 Å². The minimum Gasteiger partial charge on any atom is -0.388 e. The normalized spacial score (nSPS) is 13.2. The van der Waals surface area contributed by atoms with Crippen molar-refractivity contribution in [1.82, 2.24) is 9.78 Å². The van der Waals surface area contributed by atoms with Crippen LogP contribution in [0.2, 0.25) is 0 Å². The molecule has 0 aliphatic rings. The van der Waals surface area contributed by atoms with Gasteiger partial charge in [0.1, 0.15) is 12.8 Å². The number of alkyl halides is 1. The van der Waals surface area contributed by atoms with Crippen molar-refractivity contribution in [1.29, 1.82) is 0 Å². The maximum absolute atomic E-state index is 11.9. The van der Waals surface area contributed by atoms with E-state index in [1.54, 1.807) is 10.9 Å². The van der Waals surface area contributed by atoms with E-state index in [2.05, 4.69) is 5.10 Å². The lowest BCUT2D eigenvalue weighted by Crippen LogP contribution is -2.17. The van der Waals surface area contributed by atoms with Crippen molar-refractivity contribution >= 4 is 0 Å². The molecule has 1 N–H and O–H groups in total. The first-order chi connectivity index (χ1) is 5.76. The zero-order chi connectivity index (χ0) is 8.97. The molecule has 0 aromatic carbocycles. The van der Waals surface area contributed by atoms with Gasteiger partial charge in [-0.1, -0.05) is 6.92 Å². The third-order valence-electron chi connectivity index (χ3n) is 1.67. The lowest BCUT2D eigenvalue weighted by Gasteiger charge is -2.04. The molecule has 1 aromatic heterocycles. The fourth-order valence-corrected chi connectivity index (χ4v) is 0.954. The number of aliphatic hydroxyl groups is 1. The van der Waals surface area contributed by atoms with Crippen LogP contribution in [0.15, 0.2) is 12.4 Å². The van der Waals surface area contributed by atoms with Gasteiger partial charge in [0.15, 0.2) is 0 Å². The highest BCUT2D eigenvalue weighted by molar-refractivity contribution is 5.02. The summed E-state index contributed by atoms with van der Waals surface area (Å²) < 4.78 is 13.4. The van der Waals surface area contributed by atoms with Gasteiger partial charge in [0.05, 0.1) is 12.7 Å². The summed E-state index contributed by atoms with van der Waals surface area (Å²) in [6.45, 7) is 1.53. The van der Waals surface area contributed by atoms with Crippen molar-refractivity contribution in [2.75, 3.05) is 6.67 Å². The predicted molar refractivity (Wildman–Crippen MR) is 43.6 cm³/mol. The molecule has 0 bridgehead atoms. The number of rotatable bonds is 4. The maximum atomic E-state index is 11.9. The van der Waals surface area contributed by atoms with Crippen LogP contribution in [0.5, 0.6) is 0 Å². The van der Waals surface area contributed by atoms with E-state index in [-0.39, 0.29) is 6.54 Å². The number of aromatic nitrogens is 2. The summed E-state index contributed by atoms with van der Waals surface area (Å²) in [4.78, 5) is 0. The molecule has 0 saturated carbocycles. The molecular formula is C8H13FN2O. The van der Waals surface area contributed by atoms with Crippen molar-refractivity contribution in [3.8, 4) is 0 Å². The Morgan fingerprint density at radius 3 is 3.00 bits per heavy atom. The molecule has 1 rings (SSSR count). The highest BCUT2D eigenvalue weighted by Crippen LogP contribution is 1.99. The van der Waals surface area contributed by atoms with Gasteiger partial charge in [-0.05, 0) is 12.0 Å².